The van der Waals surface area contributed by atoms with E-state index < -0.39 is 22.6 Å². The molecule has 0 spiro atoms. The number of hydrogen-bond acceptors (Lipinski definition) is 5. The van der Waals surface area contributed by atoms with Crippen LogP contribution in [0.3, 0.4) is 0 Å². The van der Waals surface area contributed by atoms with Gasteiger partial charge >= 0.3 is 5.97 Å². The molecule has 1 aromatic carbocycles. The molecule has 1 aliphatic rings. The molecule has 1 N–H and O–H groups in total. The predicted octanol–water partition coefficient (Wildman–Crippen LogP) is 2.10. The number of carbonyl (C=O) groups excluding carboxylic acids is 2. The van der Waals surface area contributed by atoms with Gasteiger partial charge in [-0.05, 0) is 43.4 Å². The third-order valence-corrected chi connectivity index (χ3v) is 6.44. The van der Waals surface area contributed by atoms with Crippen molar-refractivity contribution < 1.29 is 22.7 Å². The Balaban J connectivity index is 2.09. The van der Waals surface area contributed by atoms with E-state index >= 15 is 0 Å². The lowest BCUT2D eigenvalue weighted by molar-refractivity contribution is -0.124. The van der Waals surface area contributed by atoms with Gasteiger partial charge in [0.15, 0.2) is 6.61 Å². The quantitative estimate of drug-likeness (QED) is 0.713. The van der Waals surface area contributed by atoms with Crippen molar-refractivity contribution in [3.05, 3.63) is 29.3 Å². The van der Waals surface area contributed by atoms with E-state index in [1.807, 2.05) is 13.8 Å². The molecule has 0 radical (unpaired) electrons. The van der Waals surface area contributed by atoms with Crippen LogP contribution in [0.15, 0.2) is 23.1 Å². The Labute approximate surface area is 161 Å². The second kappa shape index (κ2) is 9.32. The zero-order valence-corrected chi connectivity index (χ0v) is 17.0. The van der Waals surface area contributed by atoms with E-state index in [4.69, 9.17) is 4.74 Å². The van der Waals surface area contributed by atoms with E-state index in [1.165, 1.54) is 16.4 Å². The molecule has 0 bridgehead atoms. The first-order chi connectivity index (χ1) is 12.7. The number of sulfonamides is 1. The lowest BCUT2D eigenvalue weighted by Crippen LogP contribution is -2.36. The smallest absolute Gasteiger partial charge is 0.338 e. The molecule has 150 valence electrons. The lowest BCUT2D eigenvalue weighted by atomic mass is 10.1. The number of esters is 1. The number of nitrogens with one attached hydrogen (secondary N) is 1. The molecule has 1 saturated heterocycles. The topological polar surface area (TPSA) is 92.8 Å². The van der Waals surface area contributed by atoms with Crippen molar-refractivity contribution in [1.82, 2.24) is 9.62 Å². The van der Waals surface area contributed by atoms with Crippen LogP contribution in [0.2, 0.25) is 0 Å². The van der Waals surface area contributed by atoms with Gasteiger partial charge in [0.2, 0.25) is 10.0 Å². The number of amides is 1. The van der Waals surface area contributed by atoms with Crippen LogP contribution < -0.4 is 5.32 Å². The third-order valence-electron chi connectivity index (χ3n) is 4.40. The Bertz CT molecular complexity index is 783. The van der Waals surface area contributed by atoms with Crippen LogP contribution in [0.4, 0.5) is 0 Å². The standard InChI is InChI=1S/C19H28N2O5S/c1-14(2)12-20-18(22)13-26-19(23)16-8-7-15(3)17(11-16)27(24,25)21-9-5-4-6-10-21/h7-8,11,14H,4-6,9-10,12-13H2,1-3H3,(H,20,22). The molecule has 8 heteroatoms. The summed E-state index contributed by atoms with van der Waals surface area (Å²) < 4.78 is 32.3. The minimum atomic E-state index is -3.65. The Hall–Kier alpha value is -1.93. The van der Waals surface area contributed by atoms with Crippen LogP contribution in [0.25, 0.3) is 0 Å². The molecule has 0 aromatic heterocycles. The number of rotatable bonds is 7. The largest absolute Gasteiger partial charge is 0.452 e. The van der Waals surface area contributed by atoms with Crippen LogP contribution >= 0.6 is 0 Å². The second-order valence-electron chi connectivity index (χ2n) is 7.22. The van der Waals surface area contributed by atoms with Crippen LogP contribution in [0, 0.1) is 12.8 Å². The predicted molar refractivity (Wildman–Crippen MR) is 102 cm³/mol. The summed E-state index contributed by atoms with van der Waals surface area (Å²) in [5.41, 5.74) is 0.694. The molecule has 1 heterocycles. The zero-order valence-electron chi connectivity index (χ0n) is 16.2. The van der Waals surface area contributed by atoms with Gasteiger partial charge in [0.1, 0.15) is 0 Å². The Kier molecular flexibility index (Phi) is 7.38. The van der Waals surface area contributed by atoms with Gasteiger partial charge in [-0.2, -0.15) is 4.31 Å². The number of aryl methyl sites for hydroxylation is 1. The van der Waals surface area contributed by atoms with E-state index in [0.29, 0.717) is 31.1 Å². The highest BCUT2D eigenvalue weighted by Gasteiger charge is 2.28. The van der Waals surface area contributed by atoms with E-state index in [0.717, 1.165) is 19.3 Å². The fraction of sp³-hybridized carbons (Fsp3) is 0.579. The maximum Gasteiger partial charge on any atom is 0.338 e. The first kappa shape index (κ1) is 21.4. The molecule has 7 nitrogen and oxygen atoms in total. The van der Waals surface area contributed by atoms with Crippen molar-refractivity contribution in [3.63, 3.8) is 0 Å². The van der Waals surface area contributed by atoms with Gasteiger partial charge < -0.3 is 10.1 Å². The maximum atomic E-state index is 12.9. The SMILES string of the molecule is Cc1ccc(C(=O)OCC(=O)NCC(C)C)cc1S(=O)(=O)N1CCCCC1. The molecule has 2 rings (SSSR count). The van der Waals surface area contributed by atoms with Crippen molar-refractivity contribution in [1.29, 1.82) is 0 Å². The summed E-state index contributed by atoms with van der Waals surface area (Å²) in [6.07, 6.45) is 2.70. The highest BCUT2D eigenvalue weighted by Crippen LogP contribution is 2.24. The van der Waals surface area contributed by atoms with Crippen molar-refractivity contribution in [3.8, 4) is 0 Å². The summed E-state index contributed by atoms with van der Waals surface area (Å²) in [4.78, 5) is 24.0. The minimum Gasteiger partial charge on any atom is -0.452 e. The Morgan fingerprint density at radius 1 is 1.19 bits per heavy atom. The molecule has 1 aromatic rings. The molecular weight excluding hydrogens is 368 g/mol. The minimum absolute atomic E-state index is 0.114. The Morgan fingerprint density at radius 3 is 2.48 bits per heavy atom. The molecule has 0 atom stereocenters. The number of ether oxygens (including phenoxy) is 1. The first-order valence-electron chi connectivity index (χ1n) is 9.26. The number of hydrogen-bond donors (Lipinski definition) is 1. The van der Waals surface area contributed by atoms with Crippen molar-refractivity contribution in [2.75, 3.05) is 26.2 Å². The number of nitrogens with zero attached hydrogens (tertiary/aromatic N) is 1. The van der Waals surface area contributed by atoms with Crippen LogP contribution in [0.5, 0.6) is 0 Å². The summed E-state index contributed by atoms with van der Waals surface area (Å²) in [6.45, 7) is 6.71. The monoisotopic (exact) mass is 396 g/mol. The summed E-state index contributed by atoms with van der Waals surface area (Å²) in [6, 6.07) is 4.44. The average molecular weight is 397 g/mol. The molecular formula is C19H28N2O5S. The van der Waals surface area contributed by atoms with Gasteiger partial charge in [0, 0.05) is 19.6 Å². The summed E-state index contributed by atoms with van der Waals surface area (Å²) >= 11 is 0. The van der Waals surface area contributed by atoms with Gasteiger partial charge in [-0.15, -0.1) is 0 Å². The Morgan fingerprint density at radius 2 is 1.85 bits per heavy atom. The van der Waals surface area contributed by atoms with Crippen molar-refractivity contribution >= 4 is 21.9 Å². The average Bonchev–Trinajstić information content (AvgIpc) is 2.65. The van der Waals surface area contributed by atoms with Gasteiger partial charge in [0.05, 0.1) is 10.5 Å². The number of piperidine rings is 1. The van der Waals surface area contributed by atoms with E-state index in [9.17, 15) is 18.0 Å². The van der Waals surface area contributed by atoms with Gasteiger partial charge in [-0.3, -0.25) is 4.79 Å². The number of benzene rings is 1. The van der Waals surface area contributed by atoms with E-state index in [-0.39, 0.29) is 16.4 Å². The van der Waals surface area contributed by atoms with Crippen molar-refractivity contribution in [2.45, 2.75) is 44.9 Å². The molecule has 27 heavy (non-hydrogen) atoms. The highest BCUT2D eigenvalue weighted by atomic mass is 32.2. The zero-order chi connectivity index (χ0) is 20.0. The lowest BCUT2D eigenvalue weighted by Gasteiger charge is -2.26. The molecule has 1 fully saturated rings. The van der Waals surface area contributed by atoms with Gasteiger partial charge in [-0.1, -0.05) is 26.3 Å². The second-order valence-corrected chi connectivity index (χ2v) is 9.13. The molecule has 0 unspecified atom stereocenters. The fourth-order valence-corrected chi connectivity index (χ4v) is 4.60. The molecule has 0 aliphatic carbocycles. The highest BCUT2D eigenvalue weighted by molar-refractivity contribution is 7.89. The first-order valence-corrected chi connectivity index (χ1v) is 10.7. The molecule has 1 aliphatic heterocycles. The summed E-state index contributed by atoms with van der Waals surface area (Å²) in [5.74, 6) is -0.806. The maximum absolute atomic E-state index is 12.9. The normalized spacial score (nSPS) is 15.6. The van der Waals surface area contributed by atoms with Crippen LogP contribution in [0.1, 0.15) is 49.0 Å². The molecule has 1 amide bonds. The number of carbonyl (C=O) groups is 2. The van der Waals surface area contributed by atoms with Crippen molar-refractivity contribution in [2.24, 2.45) is 5.92 Å². The summed E-state index contributed by atoms with van der Waals surface area (Å²) in [7, 11) is -3.65. The van der Waals surface area contributed by atoms with Gasteiger partial charge in [-0.25, -0.2) is 13.2 Å². The van der Waals surface area contributed by atoms with Crippen LogP contribution in [-0.4, -0.2) is 50.8 Å². The van der Waals surface area contributed by atoms with Crippen LogP contribution in [-0.2, 0) is 19.6 Å². The fourth-order valence-electron chi connectivity index (χ4n) is 2.83. The summed E-state index contributed by atoms with van der Waals surface area (Å²) in [5, 5.41) is 2.66. The molecule has 0 saturated carbocycles. The van der Waals surface area contributed by atoms with E-state index in [2.05, 4.69) is 5.32 Å². The van der Waals surface area contributed by atoms with Gasteiger partial charge in [0.25, 0.3) is 5.91 Å². The van der Waals surface area contributed by atoms with E-state index in [1.54, 1.807) is 13.0 Å². The third kappa shape index (κ3) is 5.77.